The molecule has 2 aliphatic rings. The number of nitrogens with zero attached hydrogens (tertiary/aromatic N) is 2. The van der Waals surface area contributed by atoms with Gasteiger partial charge < -0.3 is 9.73 Å². The lowest BCUT2D eigenvalue weighted by Gasteiger charge is -2.33. The fourth-order valence-corrected chi connectivity index (χ4v) is 3.75. The molecule has 1 N–H and O–H groups in total. The molecule has 0 bridgehead atoms. The second-order valence-corrected chi connectivity index (χ2v) is 6.59. The van der Waals surface area contributed by atoms with E-state index in [1.165, 1.54) is 0 Å². The average Bonchev–Trinajstić information content (AvgIpc) is 3.20. The van der Waals surface area contributed by atoms with Crippen LogP contribution >= 0.6 is 0 Å². The summed E-state index contributed by atoms with van der Waals surface area (Å²) in [7, 11) is 0. The third kappa shape index (κ3) is 2.81. The summed E-state index contributed by atoms with van der Waals surface area (Å²) in [5, 5.41) is 12.3. The van der Waals surface area contributed by atoms with E-state index in [1.807, 2.05) is 30.3 Å². The maximum atomic E-state index is 11.5. The van der Waals surface area contributed by atoms with Crippen molar-refractivity contribution in [1.29, 1.82) is 5.26 Å². The first-order valence-corrected chi connectivity index (χ1v) is 8.33. The van der Waals surface area contributed by atoms with Gasteiger partial charge in [0.15, 0.2) is 0 Å². The molecular formula is C19H19N3O2. The fraction of sp³-hybridized carbons (Fsp3) is 0.368. The zero-order valence-electron chi connectivity index (χ0n) is 13.4. The molecule has 1 aromatic heterocycles. The van der Waals surface area contributed by atoms with Crippen LogP contribution in [0.5, 0.6) is 0 Å². The Kier molecular flexibility index (Phi) is 3.83. The third-order valence-electron chi connectivity index (χ3n) is 4.99. The number of carbonyl (C=O) groups excluding carboxylic acids is 1. The van der Waals surface area contributed by atoms with Gasteiger partial charge in [-0.05, 0) is 43.1 Å². The van der Waals surface area contributed by atoms with E-state index in [9.17, 15) is 10.1 Å². The number of nitrogens with one attached hydrogen (secondary N) is 1. The Bertz CT molecular complexity index is 805. The van der Waals surface area contributed by atoms with Crippen LogP contribution in [0.2, 0.25) is 0 Å². The normalized spacial score (nSPS) is 23.5. The first-order valence-electron chi connectivity index (χ1n) is 8.33. The summed E-state index contributed by atoms with van der Waals surface area (Å²) in [4.78, 5) is 13.8. The Morgan fingerprint density at radius 3 is 3.04 bits per heavy atom. The van der Waals surface area contributed by atoms with E-state index in [4.69, 9.17) is 4.42 Å². The van der Waals surface area contributed by atoms with E-state index in [-0.39, 0.29) is 11.9 Å². The lowest BCUT2D eigenvalue weighted by molar-refractivity contribution is -0.119. The molecule has 1 aromatic carbocycles. The number of rotatable bonds is 3. The number of fused-ring (bicyclic) bond motifs is 1. The van der Waals surface area contributed by atoms with E-state index in [1.54, 1.807) is 6.07 Å². The molecule has 1 amide bonds. The zero-order chi connectivity index (χ0) is 16.5. The second kappa shape index (κ2) is 6.14. The molecule has 2 aliphatic heterocycles. The predicted molar refractivity (Wildman–Crippen MR) is 88.8 cm³/mol. The lowest BCUT2D eigenvalue weighted by Crippen LogP contribution is -2.46. The van der Waals surface area contributed by atoms with Gasteiger partial charge >= 0.3 is 0 Å². The fourth-order valence-electron chi connectivity index (χ4n) is 3.75. The number of likely N-dealkylation sites (tertiary alicyclic amines) is 1. The topological polar surface area (TPSA) is 69.3 Å². The molecule has 2 atom stereocenters. The Balaban J connectivity index is 1.46. The van der Waals surface area contributed by atoms with Crippen LogP contribution in [0.25, 0.3) is 11.3 Å². The molecule has 5 heteroatoms. The Labute approximate surface area is 140 Å². The van der Waals surface area contributed by atoms with Crippen molar-refractivity contribution >= 4 is 5.91 Å². The minimum atomic E-state index is 0.181. The highest BCUT2D eigenvalue weighted by molar-refractivity contribution is 5.79. The minimum Gasteiger partial charge on any atom is -0.460 e. The van der Waals surface area contributed by atoms with Crippen molar-refractivity contribution in [3.05, 3.63) is 47.7 Å². The van der Waals surface area contributed by atoms with Gasteiger partial charge in [0.2, 0.25) is 5.91 Å². The van der Waals surface area contributed by atoms with Gasteiger partial charge in [-0.25, -0.2) is 0 Å². The number of amides is 1. The molecule has 0 aliphatic carbocycles. The van der Waals surface area contributed by atoms with Crippen LogP contribution in [-0.2, 0) is 11.3 Å². The second-order valence-electron chi connectivity index (χ2n) is 6.59. The quantitative estimate of drug-likeness (QED) is 0.943. The molecule has 0 unspecified atom stereocenters. The largest absolute Gasteiger partial charge is 0.460 e. The zero-order valence-corrected chi connectivity index (χ0v) is 13.4. The summed E-state index contributed by atoms with van der Waals surface area (Å²) in [5.41, 5.74) is 1.45. The summed E-state index contributed by atoms with van der Waals surface area (Å²) in [6.07, 6.45) is 1.72. The molecule has 5 nitrogen and oxygen atoms in total. The third-order valence-corrected chi connectivity index (χ3v) is 4.99. The highest BCUT2D eigenvalue weighted by Crippen LogP contribution is 2.29. The maximum Gasteiger partial charge on any atom is 0.220 e. The van der Waals surface area contributed by atoms with Crippen LogP contribution in [0.4, 0.5) is 0 Å². The Hall–Kier alpha value is -2.58. The van der Waals surface area contributed by atoms with Crippen molar-refractivity contribution in [3.63, 3.8) is 0 Å². The smallest absolute Gasteiger partial charge is 0.220 e. The van der Waals surface area contributed by atoms with Gasteiger partial charge in [0.25, 0.3) is 0 Å². The molecule has 2 aromatic rings. The van der Waals surface area contributed by atoms with Crippen LogP contribution in [0.3, 0.4) is 0 Å². The van der Waals surface area contributed by atoms with Gasteiger partial charge in [0.1, 0.15) is 11.5 Å². The summed E-state index contributed by atoms with van der Waals surface area (Å²) in [6.45, 7) is 2.59. The van der Waals surface area contributed by atoms with Crippen LogP contribution in [-0.4, -0.2) is 29.9 Å². The number of furan rings is 1. The Morgan fingerprint density at radius 2 is 2.17 bits per heavy atom. The average molecular weight is 321 g/mol. The highest BCUT2D eigenvalue weighted by atomic mass is 16.3. The summed E-state index contributed by atoms with van der Waals surface area (Å²) < 4.78 is 5.97. The molecule has 122 valence electrons. The number of benzene rings is 1. The maximum absolute atomic E-state index is 11.5. The van der Waals surface area contributed by atoms with Crippen LogP contribution in [0.1, 0.15) is 24.2 Å². The number of carbonyl (C=O) groups is 1. The van der Waals surface area contributed by atoms with Crippen molar-refractivity contribution in [3.8, 4) is 17.4 Å². The monoisotopic (exact) mass is 321 g/mol. The van der Waals surface area contributed by atoms with Crippen LogP contribution < -0.4 is 5.32 Å². The van der Waals surface area contributed by atoms with Crippen molar-refractivity contribution in [1.82, 2.24) is 10.2 Å². The van der Waals surface area contributed by atoms with Gasteiger partial charge in [-0.3, -0.25) is 9.69 Å². The number of hydrogen-bond acceptors (Lipinski definition) is 4. The highest BCUT2D eigenvalue weighted by Gasteiger charge is 2.36. The van der Waals surface area contributed by atoms with E-state index in [2.05, 4.69) is 16.3 Å². The lowest BCUT2D eigenvalue weighted by atomic mass is 9.92. The minimum absolute atomic E-state index is 0.181. The van der Waals surface area contributed by atoms with E-state index >= 15 is 0 Å². The number of nitriles is 1. The molecule has 4 rings (SSSR count). The van der Waals surface area contributed by atoms with Crippen molar-refractivity contribution in [2.45, 2.75) is 25.4 Å². The van der Waals surface area contributed by atoms with Crippen LogP contribution in [0, 0.1) is 17.2 Å². The summed E-state index contributed by atoms with van der Waals surface area (Å²) in [5.74, 6) is 2.29. The van der Waals surface area contributed by atoms with Crippen molar-refractivity contribution in [2.75, 3.05) is 13.1 Å². The first kappa shape index (κ1) is 15.0. The van der Waals surface area contributed by atoms with Gasteiger partial charge in [-0.15, -0.1) is 0 Å². The van der Waals surface area contributed by atoms with Gasteiger partial charge in [0.05, 0.1) is 18.2 Å². The standard InChI is InChI=1S/C19H19N3O2/c20-10-14-3-1-2-4-16(14)18-6-5-15(24-18)11-22-8-7-13-9-19(23)21-17(13)12-22/h1-6,13,17H,7-9,11-12H2,(H,21,23)/t13-,17-/m1/s1. The molecule has 24 heavy (non-hydrogen) atoms. The molecule has 0 saturated carbocycles. The Morgan fingerprint density at radius 1 is 1.29 bits per heavy atom. The predicted octanol–water partition coefficient (Wildman–Crippen LogP) is 2.53. The summed E-state index contributed by atoms with van der Waals surface area (Å²) >= 11 is 0. The molecule has 2 saturated heterocycles. The van der Waals surface area contributed by atoms with Crippen LogP contribution in [0.15, 0.2) is 40.8 Å². The van der Waals surface area contributed by atoms with E-state index in [0.29, 0.717) is 17.9 Å². The van der Waals surface area contributed by atoms with E-state index < -0.39 is 0 Å². The van der Waals surface area contributed by atoms with Crippen molar-refractivity contribution < 1.29 is 9.21 Å². The van der Waals surface area contributed by atoms with Gasteiger partial charge in [0, 0.05) is 24.6 Å². The number of hydrogen-bond donors (Lipinski definition) is 1. The van der Waals surface area contributed by atoms with Gasteiger partial charge in [-0.1, -0.05) is 12.1 Å². The van der Waals surface area contributed by atoms with Gasteiger partial charge in [-0.2, -0.15) is 5.26 Å². The molecule has 0 spiro atoms. The summed E-state index contributed by atoms with van der Waals surface area (Å²) in [6, 6.07) is 13.8. The molecule has 3 heterocycles. The first-order chi connectivity index (χ1) is 11.7. The van der Waals surface area contributed by atoms with E-state index in [0.717, 1.165) is 43.1 Å². The SMILES string of the molecule is N#Cc1ccccc1-c1ccc(CN2CC[C@@H]3CC(=O)N[C@@H]3C2)o1. The molecule has 2 fully saturated rings. The number of piperidine rings is 1. The molecular weight excluding hydrogens is 302 g/mol. The molecule has 0 radical (unpaired) electrons. The van der Waals surface area contributed by atoms with Crippen molar-refractivity contribution in [2.24, 2.45) is 5.92 Å².